The number of methoxy groups -OCH3 is 1. The first kappa shape index (κ1) is 25.0. The van der Waals surface area contributed by atoms with Crippen LogP contribution >= 0.6 is 24.0 Å². The zero-order valence-electron chi connectivity index (χ0n) is 17.3. The van der Waals surface area contributed by atoms with Crippen molar-refractivity contribution in [2.45, 2.75) is 13.5 Å². The van der Waals surface area contributed by atoms with Crippen LogP contribution in [0.5, 0.6) is 11.6 Å². The molecule has 2 rings (SSSR count). The summed E-state index contributed by atoms with van der Waals surface area (Å²) in [4.78, 5) is 11.0. The minimum Gasteiger partial charge on any atom is -0.492 e. The number of likely N-dealkylation sites (N-methyl/N-ethyl adjacent to an activating group) is 1. The number of benzene rings is 1. The van der Waals surface area contributed by atoms with Crippen LogP contribution in [0.25, 0.3) is 0 Å². The number of para-hydroxylation sites is 1. The Bertz CT molecular complexity index is 699. The van der Waals surface area contributed by atoms with Gasteiger partial charge in [0.05, 0.1) is 19.7 Å². The fourth-order valence-electron chi connectivity index (χ4n) is 2.38. The first-order valence-electron chi connectivity index (χ1n) is 9.47. The van der Waals surface area contributed by atoms with Crippen LogP contribution in [0.1, 0.15) is 12.5 Å². The number of hydrogen-bond acceptors (Lipinski definition) is 5. The Morgan fingerprint density at radius 3 is 2.52 bits per heavy atom. The highest BCUT2D eigenvalue weighted by molar-refractivity contribution is 14.0. The van der Waals surface area contributed by atoms with E-state index in [4.69, 9.17) is 14.2 Å². The summed E-state index contributed by atoms with van der Waals surface area (Å²) in [7, 11) is 3.64. The van der Waals surface area contributed by atoms with E-state index in [-0.39, 0.29) is 24.0 Å². The number of ether oxygens (including phenoxy) is 3. The molecule has 0 saturated heterocycles. The second-order valence-electron chi connectivity index (χ2n) is 6.10. The summed E-state index contributed by atoms with van der Waals surface area (Å²) >= 11 is 0. The Morgan fingerprint density at radius 2 is 1.86 bits per heavy atom. The van der Waals surface area contributed by atoms with Crippen molar-refractivity contribution >= 4 is 29.9 Å². The van der Waals surface area contributed by atoms with Crippen molar-refractivity contribution in [1.82, 2.24) is 15.2 Å². The largest absolute Gasteiger partial charge is 0.492 e. The van der Waals surface area contributed by atoms with Crippen LogP contribution in [0, 0.1) is 0 Å². The van der Waals surface area contributed by atoms with E-state index in [9.17, 15) is 0 Å². The summed E-state index contributed by atoms with van der Waals surface area (Å²) in [5.74, 6) is 2.29. The molecule has 0 aliphatic carbocycles. The van der Waals surface area contributed by atoms with Gasteiger partial charge in [0.2, 0.25) is 5.88 Å². The monoisotopic (exact) mass is 514 g/mol. The summed E-state index contributed by atoms with van der Waals surface area (Å²) in [6, 6.07) is 13.6. The molecule has 1 heterocycles. The maximum absolute atomic E-state index is 5.76. The number of aliphatic imine (C=N–C) groups is 1. The first-order chi connectivity index (χ1) is 13.7. The van der Waals surface area contributed by atoms with Crippen LogP contribution in [0.4, 0.5) is 0 Å². The quantitative estimate of drug-likeness (QED) is 0.215. The fraction of sp³-hybridized carbons (Fsp3) is 0.429. The van der Waals surface area contributed by atoms with Crippen LogP contribution in [-0.4, -0.2) is 62.9 Å². The van der Waals surface area contributed by atoms with Crippen molar-refractivity contribution in [3.63, 3.8) is 0 Å². The molecule has 0 aliphatic rings. The molecular weight excluding hydrogens is 483 g/mol. The van der Waals surface area contributed by atoms with Gasteiger partial charge in [-0.05, 0) is 24.6 Å². The standard InChI is InChI=1S/C21H30N4O3.HI/c1-4-22-21(25(2)12-13-27-19-8-6-5-7-9-19)24-17-18-10-11-20(23-16-18)28-15-14-26-3;/h5-11,16H,4,12-15,17H2,1-3H3,(H,22,24);1H. The van der Waals surface area contributed by atoms with E-state index in [1.165, 1.54) is 0 Å². The smallest absolute Gasteiger partial charge is 0.213 e. The zero-order chi connectivity index (χ0) is 20.0. The molecule has 1 N–H and O–H groups in total. The lowest BCUT2D eigenvalue weighted by Crippen LogP contribution is -2.40. The topological polar surface area (TPSA) is 68.2 Å². The number of aromatic nitrogens is 1. The number of hydrogen-bond donors (Lipinski definition) is 1. The highest BCUT2D eigenvalue weighted by Crippen LogP contribution is 2.09. The maximum atomic E-state index is 5.76. The van der Waals surface area contributed by atoms with Crippen LogP contribution in [0.2, 0.25) is 0 Å². The third-order valence-corrected chi connectivity index (χ3v) is 3.88. The number of rotatable bonds is 11. The van der Waals surface area contributed by atoms with E-state index in [0.717, 1.165) is 30.4 Å². The first-order valence-corrected chi connectivity index (χ1v) is 9.47. The second-order valence-corrected chi connectivity index (χ2v) is 6.10. The molecule has 1 aromatic heterocycles. The normalized spacial score (nSPS) is 10.8. The molecule has 0 aliphatic heterocycles. The van der Waals surface area contributed by atoms with Gasteiger partial charge in [0, 0.05) is 33.0 Å². The van der Waals surface area contributed by atoms with Gasteiger partial charge < -0.3 is 24.4 Å². The van der Waals surface area contributed by atoms with Crippen molar-refractivity contribution in [2.75, 3.05) is 47.1 Å². The third kappa shape index (κ3) is 9.80. The SMILES string of the molecule is CCNC(=NCc1ccc(OCCOC)nc1)N(C)CCOc1ccccc1.I. The van der Waals surface area contributed by atoms with Crippen molar-refractivity contribution in [3.05, 3.63) is 54.2 Å². The van der Waals surface area contributed by atoms with Gasteiger partial charge in [-0.1, -0.05) is 24.3 Å². The molecule has 0 fully saturated rings. The molecular formula is C21H31IN4O3. The van der Waals surface area contributed by atoms with Crippen LogP contribution in [0.15, 0.2) is 53.7 Å². The lowest BCUT2D eigenvalue weighted by atomic mass is 10.3. The molecule has 0 unspecified atom stereocenters. The van der Waals surface area contributed by atoms with E-state index in [0.29, 0.717) is 32.2 Å². The van der Waals surface area contributed by atoms with Gasteiger partial charge >= 0.3 is 0 Å². The Kier molecular flexibility index (Phi) is 12.8. The summed E-state index contributed by atoms with van der Waals surface area (Å²) < 4.78 is 16.2. The predicted molar refractivity (Wildman–Crippen MR) is 126 cm³/mol. The number of nitrogens with zero attached hydrogens (tertiary/aromatic N) is 3. The summed E-state index contributed by atoms with van der Waals surface area (Å²) in [5, 5.41) is 3.31. The zero-order valence-corrected chi connectivity index (χ0v) is 19.7. The average Bonchev–Trinajstić information content (AvgIpc) is 2.73. The Labute approximate surface area is 190 Å². The highest BCUT2D eigenvalue weighted by atomic mass is 127. The minimum absolute atomic E-state index is 0. The Hall–Kier alpha value is -2.07. The summed E-state index contributed by atoms with van der Waals surface area (Å²) in [6.07, 6.45) is 1.79. The average molecular weight is 514 g/mol. The van der Waals surface area contributed by atoms with E-state index < -0.39 is 0 Å². The number of guanidine groups is 1. The lowest BCUT2D eigenvalue weighted by molar-refractivity contribution is 0.143. The third-order valence-electron chi connectivity index (χ3n) is 3.88. The van der Waals surface area contributed by atoms with Crippen molar-refractivity contribution in [1.29, 1.82) is 0 Å². The molecule has 8 heteroatoms. The molecule has 1 aromatic carbocycles. The second kappa shape index (κ2) is 14.9. The number of halogens is 1. The van der Waals surface area contributed by atoms with Gasteiger partial charge in [-0.2, -0.15) is 0 Å². The van der Waals surface area contributed by atoms with Gasteiger partial charge in [-0.15, -0.1) is 24.0 Å². The number of nitrogens with one attached hydrogen (secondary N) is 1. The van der Waals surface area contributed by atoms with E-state index >= 15 is 0 Å². The molecule has 0 bridgehead atoms. The van der Waals surface area contributed by atoms with Gasteiger partial charge in [-0.3, -0.25) is 0 Å². The van der Waals surface area contributed by atoms with Gasteiger partial charge in [0.1, 0.15) is 19.0 Å². The maximum Gasteiger partial charge on any atom is 0.213 e. The van der Waals surface area contributed by atoms with Crippen molar-refractivity contribution in [2.24, 2.45) is 4.99 Å². The molecule has 7 nitrogen and oxygen atoms in total. The molecule has 160 valence electrons. The lowest BCUT2D eigenvalue weighted by Gasteiger charge is -2.22. The van der Waals surface area contributed by atoms with E-state index in [1.807, 2.05) is 49.5 Å². The van der Waals surface area contributed by atoms with Crippen LogP contribution in [0.3, 0.4) is 0 Å². The van der Waals surface area contributed by atoms with Crippen molar-refractivity contribution in [3.8, 4) is 11.6 Å². The molecule has 0 atom stereocenters. The van der Waals surface area contributed by atoms with Crippen LogP contribution in [-0.2, 0) is 11.3 Å². The molecule has 0 spiro atoms. The summed E-state index contributed by atoms with van der Waals surface area (Å²) in [6.45, 7) is 5.73. The van der Waals surface area contributed by atoms with Gasteiger partial charge in [-0.25, -0.2) is 9.98 Å². The van der Waals surface area contributed by atoms with Crippen LogP contribution < -0.4 is 14.8 Å². The van der Waals surface area contributed by atoms with Crippen molar-refractivity contribution < 1.29 is 14.2 Å². The highest BCUT2D eigenvalue weighted by Gasteiger charge is 2.06. The molecule has 0 amide bonds. The number of pyridine rings is 1. The minimum atomic E-state index is 0. The van der Waals surface area contributed by atoms with Gasteiger partial charge in [0.25, 0.3) is 0 Å². The van der Waals surface area contributed by atoms with E-state index in [2.05, 4.69) is 27.1 Å². The van der Waals surface area contributed by atoms with E-state index in [1.54, 1.807) is 13.3 Å². The molecule has 0 radical (unpaired) electrons. The van der Waals surface area contributed by atoms with Gasteiger partial charge in [0.15, 0.2) is 5.96 Å². The Balaban J connectivity index is 0.00000420. The Morgan fingerprint density at radius 1 is 1.07 bits per heavy atom. The molecule has 2 aromatic rings. The molecule has 0 saturated carbocycles. The predicted octanol–water partition coefficient (Wildman–Crippen LogP) is 3.20. The molecule has 29 heavy (non-hydrogen) atoms. The fourth-order valence-corrected chi connectivity index (χ4v) is 2.38. The summed E-state index contributed by atoms with van der Waals surface area (Å²) in [5.41, 5.74) is 1.02.